The Morgan fingerprint density at radius 2 is 1.83 bits per heavy atom. The molecule has 2 N–H and O–H groups in total. The third-order valence-electron chi connectivity index (χ3n) is 5.73. The van der Waals surface area contributed by atoms with Gasteiger partial charge in [0.15, 0.2) is 0 Å². The van der Waals surface area contributed by atoms with E-state index in [1.54, 1.807) is 4.90 Å². The number of carbonyl (C=O) groups excluding carboxylic acids is 2. The maximum atomic E-state index is 13.3. The second-order valence-electron chi connectivity index (χ2n) is 8.60. The number of thioether (sulfide) groups is 1. The number of para-hydroxylation sites is 1. The van der Waals surface area contributed by atoms with Crippen molar-refractivity contribution in [1.82, 2.24) is 5.32 Å². The van der Waals surface area contributed by atoms with Crippen LogP contribution in [0.4, 0.5) is 5.69 Å². The average Bonchev–Trinajstić information content (AvgIpc) is 2.85. The predicted molar refractivity (Wildman–Crippen MR) is 146 cm³/mol. The first-order valence-electron chi connectivity index (χ1n) is 11.7. The minimum atomic E-state index is -0.157. The highest BCUT2D eigenvalue weighted by atomic mass is 79.9. The van der Waals surface area contributed by atoms with Crippen LogP contribution in [0.1, 0.15) is 17.5 Å². The molecule has 1 atom stereocenters. The van der Waals surface area contributed by atoms with Gasteiger partial charge in [0.1, 0.15) is 13.1 Å². The summed E-state index contributed by atoms with van der Waals surface area (Å²) in [6.45, 7) is 2.50. The highest BCUT2D eigenvalue weighted by molar-refractivity contribution is 9.10. The third kappa shape index (κ3) is 7.07. The molecule has 1 unspecified atom stereocenters. The quantitative estimate of drug-likeness (QED) is 0.311. The van der Waals surface area contributed by atoms with Crippen LogP contribution in [-0.2, 0) is 16.1 Å². The van der Waals surface area contributed by atoms with Crippen molar-refractivity contribution in [3.05, 3.63) is 99.4 Å². The van der Waals surface area contributed by atoms with E-state index in [1.165, 1.54) is 22.2 Å². The minimum Gasteiger partial charge on any atom is -0.354 e. The van der Waals surface area contributed by atoms with Gasteiger partial charge in [-0.1, -0.05) is 82.3 Å². The van der Waals surface area contributed by atoms with Gasteiger partial charge in [-0.05, 0) is 35.9 Å². The number of carbonyl (C=O) groups is 2. The van der Waals surface area contributed by atoms with Crippen molar-refractivity contribution in [1.29, 1.82) is 0 Å². The van der Waals surface area contributed by atoms with Gasteiger partial charge in [0.05, 0.1) is 24.2 Å². The highest BCUT2D eigenvalue weighted by Crippen LogP contribution is 2.41. The first kappa shape index (κ1) is 25.2. The van der Waals surface area contributed by atoms with Gasteiger partial charge in [-0.25, -0.2) is 0 Å². The fraction of sp³-hybridized carbons (Fsp3) is 0.214. The van der Waals surface area contributed by atoms with Crippen LogP contribution in [0.15, 0.2) is 93.1 Å². The zero-order valence-electron chi connectivity index (χ0n) is 19.7. The number of hydrogen-bond acceptors (Lipinski definition) is 3. The van der Waals surface area contributed by atoms with Crippen molar-refractivity contribution in [2.75, 3.05) is 31.6 Å². The maximum absolute atomic E-state index is 13.3. The standard InChI is InChI=1S/C28H28BrN3O2S/c1-31(19-21-9-3-2-4-10-21)16-8-15-30-27(33)20-32-24-13-5-6-14-25(24)35-26(28(32)34)18-22-11-7-12-23(29)17-22/h2-7,9-14,17-18H,8,15-16,19-20H2,1H3,(H,30,33)/p+1. The van der Waals surface area contributed by atoms with Gasteiger partial charge in [0.25, 0.3) is 5.91 Å². The van der Waals surface area contributed by atoms with Gasteiger partial charge in [0, 0.05) is 27.9 Å². The van der Waals surface area contributed by atoms with Crippen LogP contribution in [0.3, 0.4) is 0 Å². The Morgan fingerprint density at radius 1 is 1.06 bits per heavy atom. The largest absolute Gasteiger partial charge is 0.354 e. The number of benzene rings is 3. The first-order chi connectivity index (χ1) is 17.0. The van der Waals surface area contributed by atoms with Gasteiger partial charge in [-0.3, -0.25) is 14.5 Å². The van der Waals surface area contributed by atoms with Crippen LogP contribution in [0.25, 0.3) is 6.08 Å². The zero-order valence-corrected chi connectivity index (χ0v) is 22.1. The monoisotopic (exact) mass is 550 g/mol. The molecule has 0 saturated carbocycles. The van der Waals surface area contributed by atoms with Crippen LogP contribution < -0.4 is 15.1 Å². The topological polar surface area (TPSA) is 53.9 Å². The van der Waals surface area contributed by atoms with Crippen LogP contribution in [0.5, 0.6) is 0 Å². The molecule has 0 fully saturated rings. The molecular weight excluding hydrogens is 522 g/mol. The molecule has 2 amide bonds. The Hall–Kier alpha value is -2.87. The second-order valence-corrected chi connectivity index (χ2v) is 10.6. The molecular formula is C28H29BrN3O2S+. The molecule has 1 aliphatic heterocycles. The van der Waals surface area contributed by atoms with Gasteiger partial charge >= 0.3 is 0 Å². The van der Waals surface area contributed by atoms with Crippen molar-refractivity contribution in [3.8, 4) is 0 Å². The van der Waals surface area contributed by atoms with E-state index in [1.807, 2.05) is 60.7 Å². The molecule has 0 spiro atoms. The molecule has 7 heteroatoms. The van der Waals surface area contributed by atoms with Crippen molar-refractivity contribution in [3.63, 3.8) is 0 Å². The minimum absolute atomic E-state index is 0.00105. The lowest BCUT2D eigenvalue weighted by Gasteiger charge is -2.29. The molecule has 1 aliphatic rings. The van der Waals surface area contributed by atoms with E-state index in [9.17, 15) is 9.59 Å². The lowest BCUT2D eigenvalue weighted by atomic mass is 10.2. The summed E-state index contributed by atoms with van der Waals surface area (Å²) in [6, 6.07) is 25.9. The number of anilines is 1. The molecule has 0 bridgehead atoms. The Kier molecular flexibility index (Phi) is 8.79. The molecule has 180 valence electrons. The molecule has 3 aromatic carbocycles. The van der Waals surface area contributed by atoms with E-state index < -0.39 is 0 Å². The van der Waals surface area contributed by atoms with E-state index in [0.717, 1.165) is 40.1 Å². The maximum Gasteiger partial charge on any atom is 0.265 e. The average molecular weight is 552 g/mol. The summed E-state index contributed by atoms with van der Waals surface area (Å²) in [4.78, 5) is 30.7. The number of amides is 2. The van der Waals surface area contributed by atoms with E-state index in [0.29, 0.717) is 11.4 Å². The summed E-state index contributed by atoms with van der Waals surface area (Å²) in [5.41, 5.74) is 3.01. The summed E-state index contributed by atoms with van der Waals surface area (Å²) in [5, 5.41) is 2.99. The lowest BCUT2D eigenvalue weighted by Crippen LogP contribution is -3.07. The van der Waals surface area contributed by atoms with Crippen LogP contribution in [0.2, 0.25) is 0 Å². The summed E-state index contributed by atoms with van der Waals surface area (Å²) in [5.74, 6) is -0.307. The summed E-state index contributed by atoms with van der Waals surface area (Å²) in [7, 11) is 2.16. The molecule has 4 rings (SSSR count). The van der Waals surface area contributed by atoms with Crippen LogP contribution >= 0.6 is 27.7 Å². The van der Waals surface area contributed by atoms with Crippen molar-refractivity contribution in [2.45, 2.75) is 17.9 Å². The smallest absolute Gasteiger partial charge is 0.265 e. The number of quaternary nitrogens is 1. The summed E-state index contributed by atoms with van der Waals surface area (Å²) >= 11 is 4.92. The number of halogens is 1. The zero-order chi connectivity index (χ0) is 24.6. The van der Waals surface area contributed by atoms with E-state index in [-0.39, 0.29) is 18.4 Å². The SMILES string of the molecule is C[NH+](CCCNC(=O)CN1C(=O)C(=Cc2cccc(Br)c2)Sc2ccccc21)Cc1ccccc1. The third-order valence-corrected chi connectivity index (χ3v) is 7.30. The predicted octanol–water partition coefficient (Wildman–Crippen LogP) is 4.15. The Labute approximate surface area is 219 Å². The molecule has 5 nitrogen and oxygen atoms in total. The van der Waals surface area contributed by atoms with Gasteiger partial charge in [-0.15, -0.1) is 0 Å². The Morgan fingerprint density at radius 3 is 2.63 bits per heavy atom. The number of rotatable bonds is 9. The second kappa shape index (κ2) is 12.2. The molecule has 0 aliphatic carbocycles. The van der Waals surface area contributed by atoms with Crippen molar-refractivity contribution >= 4 is 51.3 Å². The summed E-state index contributed by atoms with van der Waals surface area (Å²) < 4.78 is 0.952. The number of hydrogen-bond donors (Lipinski definition) is 2. The highest BCUT2D eigenvalue weighted by Gasteiger charge is 2.30. The van der Waals surface area contributed by atoms with Gasteiger partial charge in [-0.2, -0.15) is 0 Å². The van der Waals surface area contributed by atoms with E-state index in [4.69, 9.17) is 0 Å². The molecule has 35 heavy (non-hydrogen) atoms. The Bertz CT molecular complexity index is 1220. The first-order valence-corrected chi connectivity index (χ1v) is 13.3. The van der Waals surface area contributed by atoms with Crippen molar-refractivity contribution in [2.24, 2.45) is 0 Å². The Balaban J connectivity index is 1.35. The molecule has 1 heterocycles. The molecule has 0 radical (unpaired) electrons. The summed E-state index contributed by atoms with van der Waals surface area (Å²) in [6.07, 6.45) is 2.75. The number of nitrogens with zero attached hydrogens (tertiary/aromatic N) is 1. The molecule has 0 saturated heterocycles. The normalized spacial score (nSPS) is 15.1. The van der Waals surface area contributed by atoms with Gasteiger partial charge in [0.2, 0.25) is 5.91 Å². The number of fused-ring (bicyclic) bond motifs is 1. The fourth-order valence-corrected chi connectivity index (χ4v) is 5.49. The van der Waals surface area contributed by atoms with E-state index >= 15 is 0 Å². The van der Waals surface area contributed by atoms with Gasteiger partial charge < -0.3 is 10.2 Å². The lowest BCUT2D eigenvalue weighted by molar-refractivity contribution is -0.893. The van der Waals surface area contributed by atoms with Crippen LogP contribution in [-0.4, -0.2) is 38.5 Å². The van der Waals surface area contributed by atoms with E-state index in [2.05, 4.69) is 52.6 Å². The van der Waals surface area contributed by atoms with Crippen molar-refractivity contribution < 1.29 is 14.5 Å². The molecule has 3 aromatic rings. The fourth-order valence-electron chi connectivity index (χ4n) is 4.02. The molecule has 0 aromatic heterocycles. The number of nitrogens with one attached hydrogen (secondary N) is 2. The van der Waals surface area contributed by atoms with Crippen LogP contribution in [0, 0.1) is 0 Å².